The lowest BCUT2D eigenvalue weighted by Crippen LogP contribution is -2.41. The fourth-order valence-corrected chi connectivity index (χ4v) is 4.65. The Morgan fingerprint density at radius 2 is 2.04 bits per heavy atom. The number of alkyl halides is 1. The second-order valence-corrected chi connectivity index (χ2v) is 7.36. The molecule has 1 N–H and O–H groups in total. The predicted octanol–water partition coefficient (Wildman–Crippen LogP) is 3.24. The number of thioether (sulfide) groups is 1. The molecule has 4 nitrogen and oxygen atoms in total. The molecule has 0 spiro atoms. The molecular formula is C17H22ClNO3S. The number of nitrogens with one attached hydrogen (secondary N) is 1. The SMILES string of the molecule is COC(=O)CCCC[C@H]1SC[C@H](NC(=O)c2ccccc2)[C@H]1Cl. The van der Waals surface area contributed by atoms with Crippen molar-refractivity contribution in [2.45, 2.75) is 42.4 Å². The summed E-state index contributed by atoms with van der Waals surface area (Å²) in [5.41, 5.74) is 0.655. The molecule has 0 radical (unpaired) electrons. The molecular weight excluding hydrogens is 334 g/mol. The Balaban J connectivity index is 1.74. The number of carbonyl (C=O) groups is 2. The van der Waals surface area contributed by atoms with Gasteiger partial charge >= 0.3 is 5.97 Å². The average Bonchev–Trinajstić information content (AvgIpc) is 2.92. The number of methoxy groups -OCH3 is 1. The fraction of sp³-hybridized carbons (Fsp3) is 0.529. The Morgan fingerprint density at radius 1 is 1.30 bits per heavy atom. The minimum atomic E-state index is -0.167. The van der Waals surface area contributed by atoms with Crippen molar-refractivity contribution in [3.63, 3.8) is 0 Å². The number of halogens is 1. The van der Waals surface area contributed by atoms with Crippen LogP contribution in [0.25, 0.3) is 0 Å². The van der Waals surface area contributed by atoms with Gasteiger partial charge in [-0.25, -0.2) is 0 Å². The molecule has 1 aromatic carbocycles. The third-order valence-electron chi connectivity index (χ3n) is 3.93. The van der Waals surface area contributed by atoms with Gasteiger partial charge in [0.05, 0.1) is 18.5 Å². The Bertz CT molecular complexity index is 526. The van der Waals surface area contributed by atoms with E-state index in [1.165, 1.54) is 7.11 Å². The number of ether oxygens (including phenoxy) is 1. The van der Waals surface area contributed by atoms with E-state index in [1.807, 2.05) is 18.2 Å². The first-order valence-corrected chi connectivity index (χ1v) is 9.28. The summed E-state index contributed by atoms with van der Waals surface area (Å²) in [5, 5.41) is 3.26. The molecule has 1 amide bonds. The van der Waals surface area contributed by atoms with E-state index in [1.54, 1.807) is 23.9 Å². The third-order valence-corrected chi connectivity index (χ3v) is 6.20. The highest BCUT2D eigenvalue weighted by Crippen LogP contribution is 2.34. The van der Waals surface area contributed by atoms with Gasteiger partial charge < -0.3 is 10.1 Å². The first kappa shape index (κ1) is 18.1. The van der Waals surface area contributed by atoms with Gasteiger partial charge in [0, 0.05) is 23.0 Å². The number of amides is 1. The summed E-state index contributed by atoms with van der Waals surface area (Å²) in [7, 11) is 1.41. The topological polar surface area (TPSA) is 55.4 Å². The summed E-state index contributed by atoms with van der Waals surface area (Å²) in [6.07, 6.45) is 3.16. The summed E-state index contributed by atoms with van der Waals surface area (Å²) >= 11 is 8.31. The second-order valence-electron chi connectivity index (χ2n) is 5.58. The van der Waals surface area contributed by atoms with Crippen LogP contribution in [0.1, 0.15) is 36.0 Å². The highest BCUT2D eigenvalue weighted by atomic mass is 35.5. The van der Waals surface area contributed by atoms with Crippen LogP contribution in [0.4, 0.5) is 0 Å². The molecule has 1 fully saturated rings. The molecule has 1 aromatic rings. The van der Waals surface area contributed by atoms with Gasteiger partial charge in [0.2, 0.25) is 0 Å². The fourth-order valence-electron chi connectivity index (χ4n) is 2.59. The van der Waals surface area contributed by atoms with Crippen molar-refractivity contribution >= 4 is 35.2 Å². The van der Waals surface area contributed by atoms with Crippen molar-refractivity contribution in [3.05, 3.63) is 35.9 Å². The lowest BCUT2D eigenvalue weighted by atomic mass is 10.1. The number of hydrogen-bond acceptors (Lipinski definition) is 4. The van der Waals surface area contributed by atoms with Crippen LogP contribution in [0, 0.1) is 0 Å². The molecule has 1 aliphatic heterocycles. The van der Waals surface area contributed by atoms with E-state index in [0.29, 0.717) is 17.2 Å². The highest BCUT2D eigenvalue weighted by Gasteiger charge is 2.35. The van der Waals surface area contributed by atoms with Crippen LogP contribution in [0.2, 0.25) is 0 Å². The van der Waals surface area contributed by atoms with Crippen molar-refractivity contribution in [2.75, 3.05) is 12.9 Å². The van der Waals surface area contributed by atoms with E-state index >= 15 is 0 Å². The quantitative estimate of drug-likeness (QED) is 0.463. The lowest BCUT2D eigenvalue weighted by molar-refractivity contribution is -0.140. The smallest absolute Gasteiger partial charge is 0.305 e. The van der Waals surface area contributed by atoms with Crippen LogP contribution in [-0.2, 0) is 9.53 Å². The molecule has 1 saturated heterocycles. The number of benzene rings is 1. The Labute approximate surface area is 146 Å². The van der Waals surface area contributed by atoms with Gasteiger partial charge in [-0.3, -0.25) is 9.59 Å². The molecule has 1 aliphatic rings. The van der Waals surface area contributed by atoms with Crippen LogP contribution < -0.4 is 5.32 Å². The molecule has 126 valence electrons. The molecule has 1 heterocycles. The largest absolute Gasteiger partial charge is 0.469 e. The van der Waals surface area contributed by atoms with Crippen molar-refractivity contribution in [2.24, 2.45) is 0 Å². The summed E-state index contributed by atoms with van der Waals surface area (Å²) in [5.74, 6) is 0.585. The molecule has 6 heteroatoms. The van der Waals surface area contributed by atoms with Gasteiger partial charge in [-0.2, -0.15) is 11.8 Å². The van der Waals surface area contributed by atoms with E-state index in [2.05, 4.69) is 10.1 Å². The van der Waals surface area contributed by atoms with E-state index in [-0.39, 0.29) is 23.3 Å². The van der Waals surface area contributed by atoms with Gasteiger partial charge in [0.15, 0.2) is 0 Å². The van der Waals surface area contributed by atoms with Crippen LogP contribution in [0.5, 0.6) is 0 Å². The maximum atomic E-state index is 12.2. The zero-order valence-electron chi connectivity index (χ0n) is 13.2. The maximum absolute atomic E-state index is 12.2. The molecule has 0 aromatic heterocycles. The summed E-state index contributed by atoms with van der Waals surface area (Å²) in [6.45, 7) is 0. The Hall–Kier alpha value is -1.20. The Morgan fingerprint density at radius 3 is 2.74 bits per heavy atom. The van der Waals surface area contributed by atoms with Gasteiger partial charge in [-0.1, -0.05) is 24.6 Å². The minimum Gasteiger partial charge on any atom is -0.469 e. The maximum Gasteiger partial charge on any atom is 0.305 e. The number of rotatable bonds is 7. The molecule has 0 aliphatic carbocycles. The lowest BCUT2D eigenvalue weighted by Gasteiger charge is -2.19. The van der Waals surface area contributed by atoms with Crippen LogP contribution in [-0.4, -0.2) is 41.4 Å². The van der Waals surface area contributed by atoms with E-state index in [9.17, 15) is 9.59 Å². The van der Waals surface area contributed by atoms with Crippen LogP contribution in [0.15, 0.2) is 30.3 Å². The van der Waals surface area contributed by atoms with E-state index in [4.69, 9.17) is 11.6 Å². The number of esters is 1. The normalized spacial score (nSPS) is 23.5. The summed E-state index contributed by atoms with van der Waals surface area (Å²) in [4.78, 5) is 23.3. The summed E-state index contributed by atoms with van der Waals surface area (Å²) in [6, 6.07) is 9.16. The zero-order chi connectivity index (χ0) is 16.7. The standard InChI is InChI=1S/C17H22ClNO3S/c1-22-15(20)10-6-5-9-14-16(18)13(11-23-14)19-17(21)12-7-3-2-4-8-12/h2-4,7-8,13-14,16H,5-6,9-11H2,1H3,(H,19,21)/t13-,14+,16+/m0/s1. The molecule has 2 rings (SSSR count). The number of carbonyl (C=O) groups excluding carboxylic acids is 2. The molecule has 23 heavy (non-hydrogen) atoms. The molecule has 0 unspecified atom stereocenters. The monoisotopic (exact) mass is 355 g/mol. The predicted molar refractivity (Wildman–Crippen MR) is 94.1 cm³/mol. The molecule has 0 bridgehead atoms. The van der Waals surface area contributed by atoms with Gasteiger partial charge in [0.1, 0.15) is 0 Å². The van der Waals surface area contributed by atoms with Crippen molar-refractivity contribution in [1.82, 2.24) is 5.32 Å². The second kappa shape index (κ2) is 9.18. The first-order chi connectivity index (χ1) is 11.1. The Kier molecular flexibility index (Phi) is 7.24. The summed E-state index contributed by atoms with van der Waals surface area (Å²) < 4.78 is 4.63. The minimum absolute atomic E-state index is 0.0139. The van der Waals surface area contributed by atoms with Gasteiger partial charge in [0.25, 0.3) is 5.91 Å². The highest BCUT2D eigenvalue weighted by molar-refractivity contribution is 8.00. The van der Waals surface area contributed by atoms with Crippen molar-refractivity contribution in [3.8, 4) is 0 Å². The van der Waals surface area contributed by atoms with E-state index < -0.39 is 0 Å². The third kappa shape index (κ3) is 5.43. The molecule has 0 saturated carbocycles. The molecule has 3 atom stereocenters. The van der Waals surface area contributed by atoms with Crippen molar-refractivity contribution < 1.29 is 14.3 Å². The number of unbranched alkanes of at least 4 members (excludes halogenated alkanes) is 1. The average molecular weight is 356 g/mol. The van der Waals surface area contributed by atoms with Gasteiger partial charge in [-0.15, -0.1) is 11.6 Å². The van der Waals surface area contributed by atoms with Crippen LogP contribution in [0.3, 0.4) is 0 Å². The van der Waals surface area contributed by atoms with Crippen molar-refractivity contribution in [1.29, 1.82) is 0 Å². The van der Waals surface area contributed by atoms with Crippen LogP contribution >= 0.6 is 23.4 Å². The zero-order valence-corrected chi connectivity index (χ0v) is 14.7. The first-order valence-electron chi connectivity index (χ1n) is 7.80. The van der Waals surface area contributed by atoms with E-state index in [0.717, 1.165) is 25.0 Å². The number of hydrogen-bond donors (Lipinski definition) is 1. The van der Waals surface area contributed by atoms with Gasteiger partial charge in [-0.05, 0) is 25.0 Å².